The summed E-state index contributed by atoms with van der Waals surface area (Å²) in [5.74, 6) is -0.0153. The van der Waals surface area contributed by atoms with E-state index in [0.29, 0.717) is 19.5 Å². The summed E-state index contributed by atoms with van der Waals surface area (Å²) in [7, 11) is -3.71. The topological polar surface area (TPSA) is 122 Å². The minimum Gasteiger partial charge on any atom is -0.338 e. The van der Waals surface area contributed by atoms with E-state index in [4.69, 9.17) is 5.14 Å². The average Bonchev–Trinajstić information content (AvgIpc) is 3.03. The number of urea groups is 1. The zero-order chi connectivity index (χ0) is 21.9. The molecule has 2 aromatic rings. The number of nitrogens with two attached hydrogens (primary N) is 1. The third kappa shape index (κ3) is 5.37. The number of amides is 3. The lowest BCUT2D eigenvalue weighted by Crippen LogP contribution is -2.43. The summed E-state index contributed by atoms with van der Waals surface area (Å²) in [6.45, 7) is 4.84. The highest BCUT2D eigenvalue weighted by Crippen LogP contribution is 2.24. The average molecular weight is 431 g/mol. The van der Waals surface area contributed by atoms with Gasteiger partial charge in [-0.1, -0.05) is 18.2 Å². The molecule has 8 nitrogen and oxygen atoms in total. The number of nitrogens with zero attached hydrogens (tertiary/aromatic N) is 1. The Labute approximate surface area is 176 Å². The minimum atomic E-state index is -3.71. The van der Waals surface area contributed by atoms with Crippen LogP contribution in [0.1, 0.15) is 23.1 Å². The molecule has 1 fully saturated rings. The molecular weight excluding hydrogens is 404 g/mol. The number of benzene rings is 2. The summed E-state index contributed by atoms with van der Waals surface area (Å²) < 4.78 is 22.5. The van der Waals surface area contributed by atoms with Crippen LogP contribution in [0.5, 0.6) is 0 Å². The predicted molar refractivity (Wildman–Crippen MR) is 115 cm³/mol. The van der Waals surface area contributed by atoms with Crippen molar-refractivity contribution in [3.63, 3.8) is 0 Å². The molecule has 3 amide bonds. The molecule has 0 radical (unpaired) electrons. The molecule has 2 aromatic carbocycles. The van der Waals surface area contributed by atoms with Crippen molar-refractivity contribution in [1.82, 2.24) is 10.6 Å². The van der Waals surface area contributed by atoms with Crippen molar-refractivity contribution >= 4 is 27.6 Å². The van der Waals surface area contributed by atoms with Gasteiger partial charge in [-0.2, -0.15) is 0 Å². The molecule has 0 bridgehead atoms. The molecule has 160 valence electrons. The van der Waals surface area contributed by atoms with Crippen molar-refractivity contribution < 1.29 is 18.0 Å². The number of aryl methyl sites for hydroxylation is 2. The fourth-order valence-corrected chi connectivity index (χ4v) is 3.87. The smallest absolute Gasteiger partial charge is 0.315 e. The summed E-state index contributed by atoms with van der Waals surface area (Å²) in [6, 6.07) is 11.5. The van der Waals surface area contributed by atoms with Gasteiger partial charge in [0.2, 0.25) is 15.9 Å². The fraction of sp³-hybridized carbons (Fsp3) is 0.333. The van der Waals surface area contributed by atoms with Crippen LogP contribution in [-0.4, -0.2) is 39.5 Å². The molecule has 0 aliphatic carbocycles. The van der Waals surface area contributed by atoms with Crippen molar-refractivity contribution in [2.45, 2.75) is 37.6 Å². The maximum Gasteiger partial charge on any atom is 0.315 e. The van der Waals surface area contributed by atoms with Crippen LogP contribution in [0.3, 0.4) is 0 Å². The standard InChI is InChI=1S/C21H26N4O4S/c1-14-3-6-18(11-15(14)2)25-13-17(12-20(25)26)24-21(27)23-10-9-16-4-7-19(8-5-16)30(22,28)29/h3-8,11,17H,9-10,12-13H2,1-2H3,(H2,22,28,29)(H2,23,24,27)/t17-/m1/s1. The van der Waals surface area contributed by atoms with E-state index >= 15 is 0 Å². The molecule has 4 N–H and O–H groups in total. The predicted octanol–water partition coefficient (Wildman–Crippen LogP) is 1.60. The summed E-state index contributed by atoms with van der Waals surface area (Å²) in [4.78, 5) is 26.3. The van der Waals surface area contributed by atoms with Gasteiger partial charge in [0.15, 0.2) is 0 Å². The van der Waals surface area contributed by atoms with Crippen molar-refractivity contribution in [3.05, 3.63) is 59.2 Å². The lowest BCUT2D eigenvalue weighted by Gasteiger charge is -2.18. The first-order valence-corrected chi connectivity index (χ1v) is 11.2. The van der Waals surface area contributed by atoms with Gasteiger partial charge < -0.3 is 15.5 Å². The second-order valence-electron chi connectivity index (χ2n) is 7.51. The molecule has 3 rings (SSSR count). The Kier molecular flexibility index (Phi) is 6.42. The third-order valence-corrected chi connectivity index (χ3v) is 6.14. The quantitative estimate of drug-likeness (QED) is 0.644. The van der Waals surface area contributed by atoms with E-state index < -0.39 is 10.0 Å². The van der Waals surface area contributed by atoms with Crippen molar-refractivity contribution in [1.29, 1.82) is 0 Å². The highest BCUT2D eigenvalue weighted by molar-refractivity contribution is 7.89. The number of hydrogen-bond donors (Lipinski definition) is 3. The van der Waals surface area contributed by atoms with Gasteiger partial charge >= 0.3 is 6.03 Å². The lowest BCUT2D eigenvalue weighted by molar-refractivity contribution is -0.117. The molecule has 9 heteroatoms. The molecule has 1 heterocycles. The molecule has 1 aliphatic heterocycles. The van der Waals surface area contributed by atoms with Crippen LogP contribution in [0.4, 0.5) is 10.5 Å². The summed E-state index contributed by atoms with van der Waals surface area (Å²) in [5.41, 5.74) is 4.00. The molecular formula is C21H26N4O4S. The van der Waals surface area contributed by atoms with Gasteiger partial charge in [-0.05, 0) is 61.2 Å². The molecule has 0 saturated carbocycles. The number of hydrogen-bond acceptors (Lipinski definition) is 4. The van der Waals surface area contributed by atoms with Crippen LogP contribution in [0.15, 0.2) is 47.4 Å². The van der Waals surface area contributed by atoms with Crippen LogP contribution in [0.25, 0.3) is 0 Å². The Hall–Kier alpha value is -2.91. The van der Waals surface area contributed by atoms with Crippen molar-refractivity contribution in [2.24, 2.45) is 5.14 Å². The van der Waals surface area contributed by atoms with Crippen molar-refractivity contribution in [3.8, 4) is 0 Å². The first-order chi connectivity index (χ1) is 14.1. The van der Waals surface area contributed by atoms with Crippen LogP contribution in [0, 0.1) is 13.8 Å². The van der Waals surface area contributed by atoms with Gasteiger partial charge in [0.05, 0.1) is 10.9 Å². The summed E-state index contributed by atoms with van der Waals surface area (Å²) in [6.07, 6.45) is 0.798. The number of nitrogens with one attached hydrogen (secondary N) is 2. The number of rotatable bonds is 6. The van der Waals surface area contributed by atoms with E-state index in [9.17, 15) is 18.0 Å². The molecule has 0 unspecified atom stereocenters. The Morgan fingerprint density at radius 3 is 2.47 bits per heavy atom. The third-order valence-electron chi connectivity index (χ3n) is 5.21. The Morgan fingerprint density at radius 1 is 1.13 bits per heavy atom. The first kappa shape index (κ1) is 21.8. The summed E-state index contributed by atoms with van der Waals surface area (Å²) in [5, 5.41) is 10.7. The van der Waals surface area contributed by atoms with Crippen molar-refractivity contribution in [2.75, 3.05) is 18.0 Å². The van der Waals surface area contributed by atoms with Gasteiger partial charge in [-0.3, -0.25) is 4.79 Å². The van der Waals surface area contributed by atoms with Gasteiger partial charge in [0.25, 0.3) is 0 Å². The SMILES string of the molecule is Cc1ccc(N2C[C@H](NC(=O)NCCc3ccc(S(N)(=O)=O)cc3)CC2=O)cc1C. The first-order valence-electron chi connectivity index (χ1n) is 9.67. The van der Waals surface area contributed by atoms with E-state index in [2.05, 4.69) is 10.6 Å². The van der Waals surface area contributed by atoms with Gasteiger partial charge in [-0.15, -0.1) is 0 Å². The van der Waals surface area contributed by atoms with E-state index in [1.54, 1.807) is 17.0 Å². The molecule has 1 atom stereocenters. The Bertz CT molecular complexity index is 1050. The second-order valence-corrected chi connectivity index (χ2v) is 9.07. The van der Waals surface area contributed by atoms with Crippen LogP contribution < -0.4 is 20.7 Å². The minimum absolute atomic E-state index is 0.0153. The largest absolute Gasteiger partial charge is 0.338 e. The van der Waals surface area contributed by atoms with E-state index in [-0.39, 0.29) is 29.3 Å². The van der Waals surface area contributed by atoms with Gasteiger partial charge in [0, 0.05) is 25.2 Å². The van der Waals surface area contributed by atoms with Crippen LogP contribution >= 0.6 is 0 Å². The zero-order valence-electron chi connectivity index (χ0n) is 17.0. The number of sulfonamides is 1. The van der Waals surface area contributed by atoms with E-state index in [0.717, 1.165) is 16.8 Å². The van der Waals surface area contributed by atoms with Gasteiger partial charge in [-0.25, -0.2) is 18.4 Å². The Morgan fingerprint density at radius 2 is 1.83 bits per heavy atom. The monoisotopic (exact) mass is 430 g/mol. The maximum atomic E-state index is 12.4. The maximum absolute atomic E-state index is 12.4. The normalized spacial score (nSPS) is 16.6. The number of carbonyl (C=O) groups excluding carboxylic acids is 2. The van der Waals surface area contributed by atoms with Crippen LogP contribution in [-0.2, 0) is 21.2 Å². The lowest BCUT2D eigenvalue weighted by atomic mass is 10.1. The molecule has 0 aromatic heterocycles. The fourth-order valence-electron chi connectivity index (χ4n) is 3.35. The zero-order valence-corrected chi connectivity index (χ0v) is 17.8. The van der Waals surface area contributed by atoms with E-state index in [1.165, 1.54) is 17.7 Å². The molecule has 1 aliphatic rings. The Balaban J connectivity index is 1.47. The molecule has 1 saturated heterocycles. The summed E-state index contributed by atoms with van der Waals surface area (Å²) >= 11 is 0. The number of carbonyl (C=O) groups is 2. The number of primary sulfonamides is 1. The highest BCUT2D eigenvalue weighted by atomic mass is 32.2. The van der Waals surface area contributed by atoms with Gasteiger partial charge in [0.1, 0.15) is 0 Å². The molecule has 0 spiro atoms. The number of anilines is 1. The van der Waals surface area contributed by atoms with E-state index in [1.807, 2.05) is 32.0 Å². The second kappa shape index (κ2) is 8.85. The molecule has 30 heavy (non-hydrogen) atoms. The highest BCUT2D eigenvalue weighted by Gasteiger charge is 2.31. The van der Waals surface area contributed by atoms with Crippen LogP contribution in [0.2, 0.25) is 0 Å².